The van der Waals surface area contributed by atoms with Crippen LogP contribution in [-0.2, 0) is 16.4 Å². The molecule has 1 fully saturated rings. The molecule has 0 N–H and O–H groups in total. The molecule has 0 radical (unpaired) electrons. The molecule has 5 nitrogen and oxygen atoms in total. The Morgan fingerprint density at radius 1 is 1.05 bits per heavy atom. The summed E-state index contributed by atoms with van der Waals surface area (Å²) < 4.78 is 26.6. The highest BCUT2D eigenvalue weighted by atomic mass is 32.2. The van der Waals surface area contributed by atoms with Gasteiger partial charge in [-0.1, -0.05) is 0 Å². The number of piperidine rings is 1. The maximum absolute atomic E-state index is 12.5. The van der Waals surface area contributed by atoms with Gasteiger partial charge in [-0.3, -0.25) is 9.97 Å². The summed E-state index contributed by atoms with van der Waals surface area (Å²) in [5, 5.41) is 0. The van der Waals surface area contributed by atoms with Crippen LogP contribution in [0.3, 0.4) is 0 Å². The number of sulfonamides is 1. The van der Waals surface area contributed by atoms with Gasteiger partial charge >= 0.3 is 0 Å². The second kappa shape index (κ2) is 6.54. The summed E-state index contributed by atoms with van der Waals surface area (Å²) in [6.07, 6.45) is 9.37. The second-order valence-corrected chi connectivity index (χ2v) is 7.53. The SMILES string of the molecule is O=S(=O)(c1cccnc1)N1CCC(Cc2ccncc2)CC1. The van der Waals surface area contributed by atoms with Crippen molar-refractivity contribution in [2.75, 3.05) is 13.1 Å². The van der Waals surface area contributed by atoms with E-state index in [4.69, 9.17) is 0 Å². The molecule has 0 aliphatic carbocycles. The lowest BCUT2D eigenvalue weighted by Crippen LogP contribution is -2.38. The van der Waals surface area contributed by atoms with E-state index in [-0.39, 0.29) is 4.90 Å². The number of aromatic nitrogens is 2. The lowest BCUT2D eigenvalue weighted by Gasteiger charge is -2.31. The zero-order valence-corrected chi connectivity index (χ0v) is 13.1. The number of hydrogen-bond donors (Lipinski definition) is 0. The van der Waals surface area contributed by atoms with Gasteiger partial charge in [0.2, 0.25) is 10.0 Å². The van der Waals surface area contributed by atoms with E-state index in [0.29, 0.717) is 19.0 Å². The standard InChI is InChI=1S/C16H19N3O2S/c20-22(21,16-2-1-7-18-13-16)19-10-5-15(6-11-19)12-14-3-8-17-9-4-14/h1-4,7-9,13,15H,5-6,10-12H2. The van der Waals surface area contributed by atoms with Gasteiger partial charge in [-0.25, -0.2) is 8.42 Å². The molecule has 0 spiro atoms. The predicted molar refractivity (Wildman–Crippen MR) is 83.7 cm³/mol. The molecular formula is C16H19N3O2S. The molecule has 1 aliphatic rings. The molecule has 22 heavy (non-hydrogen) atoms. The van der Waals surface area contributed by atoms with Gasteiger partial charge in [-0.2, -0.15) is 4.31 Å². The van der Waals surface area contributed by atoms with Gasteiger partial charge < -0.3 is 0 Å². The molecule has 2 aromatic heterocycles. The Morgan fingerprint density at radius 3 is 2.41 bits per heavy atom. The van der Waals surface area contributed by atoms with Crippen molar-refractivity contribution in [2.24, 2.45) is 5.92 Å². The monoisotopic (exact) mass is 317 g/mol. The van der Waals surface area contributed by atoms with Crippen molar-refractivity contribution in [1.29, 1.82) is 0 Å². The van der Waals surface area contributed by atoms with Crippen LogP contribution in [0.15, 0.2) is 53.9 Å². The highest BCUT2D eigenvalue weighted by molar-refractivity contribution is 7.89. The third-order valence-corrected chi connectivity index (χ3v) is 6.00. The van der Waals surface area contributed by atoms with E-state index in [2.05, 4.69) is 9.97 Å². The zero-order valence-electron chi connectivity index (χ0n) is 12.3. The first-order valence-corrected chi connectivity index (χ1v) is 8.89. The number of rotatable bonds is 4. The van der Waals surface area contributed by atoms with Crippen molar-refractivity contribution in [3.63, 3.8) is 0 Å². The van der Waals surface area contributed by atoms with Crippen LogP contribution in [-0.4, -0.2) is 35.8 Å². The number of nitrogens with zero attached hydrogens (tertiary/aromatic N) is 3. The molecular weight excluding hydrogens is 298 g/mol. The van der Waals surface area contributed by atoms with E-state index in [1.54, 1.807) is 35.0 Å². The van der Waals surface area contributed by atoms with Crippen LogP contribution in [0, 0.1) is 5.92 Å². The van der Waals surface area contributed by atoms with Gasteiger partial charge in [0.05, 0.1) is 0 Å². The molecule has 0 amide bonds. The molecule has 6 heteroatoms. The van der Waals surface area contributed by atoms with Gasteiger partial charge in [0.15, 0.2) is 0 Å². The van der Waals surface area contributed by atoms with Gasteiger partial charge in [-0.05, 0) is 55.0 Å². The number of hydrogen-bond acceptors (Lipinski definition) is 4. The summed E-state index contributed by atoms with van der Waals surface area (Å²) in [6, 6.07) is 7.31. The largest absolute Gasteiger partial charge is 0.265 e. The Morgan fingerprint density at radius 2 is 1.77 bits per heavy atom. The van der Waals surface area contributed by atoms with E-state index >= 15 is 0 Å². The predicted octanol–water partition coefficient (Wildman–Crippen LogP) is 2.12. The first kappa shape index (κ1) is 15.1. The summed E-state index contributed by atoms with van der Waals surface area (Å²) in [6.45, 7) is 1.15. The lowest BCUT2D eigenvalue weighted by molar-refractivity contribution is 0.273. The minimum Gasteiger partial charge on any atom is -0.265 e. The Kier molecular flexibility index (Phi) is 4.49. The van der Waals surface area contributed by atoms with E-state index in [1.165, 1.54) is 11.8 Å². The van der Waals surface area contributed by atoms with Crippen molar-refractivity contribution in [1.82, 2.24) is 14.3 Å². The quantitative estimate of drug-likeness (QED) is 0.866. The summed E-state index contributed by atoms with van der Waals surface area (Å²) in [5.74, 6) is 0.530. The van der Waals surface area contributed by atoms with Crippen LogP contribution in [0.4, 0.5) is 0 Å². The summed E-state index contributed by atoms with van der Waals surface area (Å²) in [4.78, 5) is 8.21. The van der Waals surface area contributed by atoms with Crippen molar-refractivity contribution in [3.8, 4) is 0 Å². The Balaban J connectivity index is 1.62. The highest BCUT2D eigenvalue weighted by Gasteiger charge is 2.29. The molecule has 2 aromatic rings. The molecule has 1 saturated heterocycles. The van der Waals surface area contributed by atoms with Crippen LogP contribution in [0.25, 0.3) is 0 Å². The maximum Gasteiger partial charge on any atom is 0.244 e. The van der Waals surface area contributed by atoms with Gasteiger partial charge in [0.25, 0.3) is 0 Å². The lowest BCUT2D eigenvalue weighted by atomic mass is 9.91. The van der Waals surface area contributed by atoms with Crippen molar-refractivity contribution < 1.29 is 8.42 Å². The fourth-order valence-electron chi connectivity index (χ4n) is 2.85. The van der Waals surface area contributed by atoms with Crippen molar-refractivity contribution in [2.45, 2.75) is 24.2 Å². The summed E-state index contributed by atoms with van der Waals surface area (Å²) in [5.41, 5.74) is 1.27. The Bertz CT molecular complexity index is 697. The normalized spacial score (nSPS) is 17.5. The fourth-order valence-corrected chi connectivity index (χ4v) is 4.29. The first-order chi connectivity index (χ1) is 10.7. The summed E-state index contributed by atoms with van der Waals surface area (Å²) >= 11 is 0. The van der Waals surface area contributed by atoms with E-state index < -0.39 is 10.0 Å². The van der Waals surface area contributed by atoms with Gasteiger partial charge in [-0.15, -0.1) is 0 Å². The maximum atomic E-state index is 12.5. The van der Waals surface area contributed by atoms with E-state index in [9.17, 15) is 8.42 Å². The second-order valence-electron chi connectivity index (χ2n) is 5.60. The molecule has 3 rings (SSSR count). The fraction of sp³-hybridized carbons (Fsp3) is 0.375. The van der Waals surface area contributed by atoms with E-state index in [0.717, 1.165) is 19.3 Å². The van der Waals surface area contributed by atoms with Gasteiger partial charge in [0, 0.05) is 37.9 Å². The molecule has 116 valence electrons. The smallest absolute Gasteiger partial charge is 0.244 e. The molecule has 0 aromatic carbocycles. The third kappa shape index (κ3) is 3.34. The molecule has 0 saturated carbocycles. The van der Waals surface area contributed by atoms with Crippen LogP contribution in [0.5, 0.6) is 0 Å². The average Bonchev–Trinajstić information content (AvgIpc) is 2.57. The third-order valence-electron chi connectivity index (χ3n) is 4.12. The summed E-state index contributed by atoms with van der Waals surface area (Å²) in [7, 11) is -3.40. The average molecular weight is 317 g/mol. The highest BCUT2D eigenvalue weighted by Crippen LogP contribution is 2.25. The molecule has 1 aliphatic heterocycles. The van der Waals surface area contributed by atoms with Crippen LogP contribution >= 0.6 is 0 Å². The van der Waals surface area contributed by atoms with Gasteiger partial charge in [0.1, 0.15) is 4.90 Å². The topological polar surface area (TPSA) is 63.2 Å². The Hall–Kier alpha value is -1.79. The Labute approximate surface area is 131 Å². The molecule has 0 atom stereocenters. The van der Waals surface area contributed by atoms with Crippen LogP contribution in [0.1, 0.15) is 18.4 Å². The zero-order chi connectivity index (χ0) is 15.4. The molecule has 3 heterocycles. The van der Waals surface area contributed by atoms with E-state index in [1.807, 2.05) is 12.1 Å². The molecule has 0 bridgehead atoms. The first-order valence-electron chi connectivity index (χ1n) is 7.45. The minimum absolute atomic E-state index is 0.280. The minimum atomic E-state index is -3.40. The number of pyridine rings is 2. The molecule has 0 unspecified atom stereocenters. The van der Waals surface area contributed by atoms with Crippen molar-refractivity contribution >= 4 is 10.0 Å². The van der Waals surface area contributed by atoms with Crippen LogP contribution < -0.4 is 0 Å². The van der Waals surface area contributed by atoms with Crippen molar-refractivity contribution in [3.05, 3.63) is 54.6 Å². The van der Waals surface area contributed by atoms with Crippen LogP contribution in [0.2, 0.25) is 0 Å².